The summed E-state index contributed by atoms with van der Waals surface area (Å²) in [5.41, 5.74) is 2.41. The first-order valence-electron chi connectivity index (χ1n) is 12.3. The van der Waals surface area contributed by atoms with Crippen molar-refractivity contribution in [2.45, 2.75) is 13.5 Å². The predicted octanol–water partition coefficient (Wildman–Crippen LogP) is 5.42. The van der Waals surface area contributed by atoms with E-state index in [-0.39, 0.29) is 17.4 Å². The molecule has 0 saturated heterocycles. The average molecular weight is 596 g/mol. The van der Waals surface area contributed by atoms with Crippen LogP contribution in [-0.2, 0) is 26.6 Å². The average Bonchev–Trinajstić information content (AvgIpc) is 3.20. The van der Waals surface area contributed by atoms with Crippen molar-refractivity contribution in [3.63, 3.8) is 0 Å². The zero-order valence-electron chi connectivity index (χ0n) is 22.3. The molecule has 0 radical (unpaired) electrons. The van der Waals surface area contributed by atoms with Crippen molar-refractivity contribution in [2.75, 3.05) is 16.2 Å². The normalized spacial score (nSPS) is 12.0. The van der Waals surface area contributed by atoms with E-state index in [4.69, 9.17) is 4.74 Å². The number of rotatable bonds is 8. The molecule has 0 spiro atoms. The number of nitrogens with zero attached hydrogens (tertiary/aromatic N) is 3. The van der Waals surface area contributed by atoms with Gasteiger partial charge in [-0.05, 0) is 67.1 Å². The van der Waals surface area contributed by atoms with Gasteiger partial charge in [-0.25, -0.2) is 21.2 Å². The lowest BCUT2D eigenvalue weighted by molar-refractivity contribution is 0.430. The molecule has 212 valence electrons. The Bertz CT molecular complexity index is 1940. The molecule has 0 amide bonds. The number of pyridine rings is 1. The zero-order valence-corrected chi connectivity index (χ0v) is 23.9. The van der Waals surface area contributed by atoms with Crippen molar-refractivity contribution in [3.8, 4) is 28.6 Å². The van der Waals surface area contributed by atoms with Gasteiger partial charge in [0.1, 0.15) is 17.3 Å². The fourth-order valence-electron chi connectivity index (χ4n) is 4.64. The molecule has 0 aliphatic heterocycles. The van der Waals surface area contributed by atoms with Crippen LogP contribution in [0.3, 0.4) is 0 Å². The van der Waals surface area contributed by atoms with Crippen LogP contribution in [0.1, 0.15) is 11.3 Å². The third kappa shape index (κ3) is 6.03. The Hall–Kier alpha value is -4.42. The minimum atomic E-state index is -4.10. The summed E-state index contributed by atoms with van der Waals surface area (Å²) >= 11 is 0. The summed E-state index contributed by atoms with van der Waals surface area (Å²) in [4.78, 5) is 4.60. The van der Waals surface area contributed by atoms with Gasteiger partial charge in [-0.15, -0.1) is 0 Å². The third-order valence-electron chi connectivity index (χ3n) is 6.30. The molecule has 9 nitrogen and oxygen atoms in total. The molecule has 5 aromatic rings. The number of aromatic hydroxyl groups is 1. The van der Waals surface area contributed by atoms with Gasteiger partial charge in [-0.1, -0.05) is 24.3 Å². The predicted molar refractivity (Wildman–Crippen MR) is 156 cm³/mol. The standard InChI is InChI=1S/C29H26FN3O6S2/c1-19-28-22(16-27(31-19)21-5-4-6-24(15-21)33(40(2,35)36)41(3,37)38)18-32(29(28)34)17-20-7-11-25(12-8-20)39-26-13-9-23(30)10-14-26/h4-16,18,34H,17H2,1-3H3. The Morgan fingerprint density at radius 2 is 1.51 bits per heavy atom. The first kappa shape index (κ1) is 28.1. The first-order chi connectivity index (χ1) is 19.3. The Morgan fingerprint density at radius 1 is 0.902 bits per heavy atom. The van der Waals surface area contributed by atoms with Crippen LogP contribution in [0.25, 0.3) is 22.0 Å². The topological polar surface area (TPSA) is 119 Å². The van der Waals surface area contributed by atoms with E-state index in [1.807, 2.05) is 12.1 Å². The second-order valence-corrected chi connectivity index (χ2v) is 13.5. The van der Waals surface area contributed by atoms with Gasteiger partial charge >= 0.3 is 0 Å². The number of aromatic nitrogens is 2. The molecular formula is C29H26FN3O6S2. The summed E-state index contributed by atoms with van der Waals surface area (Å²) in [6.45, 7) is 2.11. The Morgan fingerprint density at radius 3 is 2.12 bits per heavy atom. The molecule has 0 aliphatic carbocycles. The molecule has 0 fully saturated rings. The molecule has 0 aliphatic rings. The van der Waals surface area contributed by atoms with Crippen molar-refractivity contribution >= 4 is 36.5 Å². The van der Waals surface area contributed by atoms with Gasteiger partial charge < -0.3 is 14.4 Å². The van der Waals surface area contributed by atoms with E-state index in [0.29, 0.717) is 49.5 Å². The molecule has 2 heterocycles. The number of fused-ring (bicyclic) bond motifs is 1. The number of sulfonamides is 2. The maximum Gasteiger partial charge on any atom is 0.245 e. The van der Waals surface area contributed by atoms with Gasteiger partial charge in [-0.2, -0.15) is 3.71 Å². The minimum absolute atomic E-state index is 0.0284. The van der Waals surface area contributed by atoms with Gasteiger partial charge in [0.25, 0.3) is 0 Å². The largest absolute Gasteiger partial charge is 0.494 e. The molecule has 1 N–H and O–H groups in total. The van der Waals surface area contributed by atoms with Gasteiger partial charge in [0.05, 0.1) is 41.5 Å². The highest BCUT2D eigenvalue weighted by molar-refractivity contribution is 8.09. The van der Waals surface area contributed by atoms with E-state index in [0.717, 1.165) is 18.1 Å². The molecule has 0 atom stereocenters. The number of aryl methyl sites for hydroxylation is 1. The van der Waals surface area contributed by atoms with Crippen LogP contribution in [0.15, 0.2) is 85.1 Å². The Balaban J connectivity index is 1.43. The highest BCUT2D eigenvalue weighted by Crippen LogP contribution is 2.34. The highest BCUT2D eigenvalue weighted by Gasteiger charge is 2.27. The fourth-order valence-corrected chi connectivity index (χ4v) is 7.60. The fraction of sp³-hybridized carbons (Fsp3) is 0.138. The number of ether oxygens (including phenoxy) is 1. The number of hydrogen-bond donors (Lipinski definition) is 1. The number of halogens is 1. The molecule has 0 saturated carbocycles. The zero-order chi connectivity index (χ0) is 29.5. The van der Waals surface area contributed by atoms with Crippen LogP contribution in [0.4, 0.5) is 10.1 Å². The maximum absolute atomic E-state index is 13.1. The second kappa shape index (κ2) is 10.5. The van der Waals surface area contributed by atoms with E-state index in [1.54, 1.807) is 60.2 Å². The van der Waals surface area contributed by atoms with Gasteiger partial charge in [0, 0.05) is 17.1 Å². The lowest BCUT2D eigenvalue weighted by Gasteiger charge is -2.20. The summed E-state index contributed by atoms with van der Waals surface area (Å²) in [5, 5.41) is 12.3. The Labute approximate surface area is 237 Å². The monoisotopic (exact) mass is 595 g/mol. The summed E-state index contributed by atoms with van der Waals surface area (Å²) in [7, 11) is -8.21. The van der Waals surface area contributed by atoms with Crippen molar-refractivity contribution in [3.05, 3.63) is 102 Å². The minimum Gasteiger partial charge on any atom is -0.494 e. The molecule has 2 aromatic heterocycles. The van der Waals surface area contributed by atoms with E-state index >= 15 is 0 Å². The van der Waals surface area contributed by atoms with E-state index < -0.39 is 20.0 Å². The lowest BCUT2D eigenvalue weighted by atomic mass is 10.1. The first-order valence-corrected chi connectivity index (χ1v) is 16.0. The summed E-state index contributed by atoms with van der Waals surface area (Å²) in [6.07, 6.45) is 3.44. The van der Waals surface area contributed by atoms with Crippen molar-refractivity contribution in [2.24, 2.45) is 0 Å². The number of anilines is 1. The van der Waals surface area contributed by atoms with Crippen molar-refractivity contribution < 1.29 is 31.1 Å². The van der Waals surface area contributed by atoms with Crippen LogP contribution in [0.2, 0.25) is 0 Å². The Kier molecular flexibility index (Phi) is 7.22. The van der Waals surface area contributed by atoms with Crippen molar-refractivity contribution in [1.82, 2.24) is 9.55 Å². The number of hydrogen-bond acceptors (Lipinski definition) is 7. The summed E-state index contributed by atoms with van der Waals surface area (Å²) in [5.74, 6) is 0.790. The van der Waals surface area contributed by atoms with Gasteiger partial charge in [0.15, 0.2) is 0 Å². The SMILES string of the molecule is Cc1nc(-c2cccc(N(S(C)(=O)=O)S(C)(=O)=O)c2)cc2cn(Cc3ccc(Oc4ccc(F)cc4)cc3)c(O)c12. The molecule has 3 aromatic carbocycles. The molecule has 5 rings (SSSR count). The van der Waals surface area contributed by atoms with Gasteiger partial charge in [-0.3, -0.25) is 4.98 Å². The molecule has 0 unspecified atom stereocenters. The molecule has 12 heteroatoms. The van der Waals surface area contributed by atoms with Crippen LogP contribution in [0.5, 0.6) is 17.4 Å². The van der Waals surface area contributed by atoms with E-state index in [9.17, 15) is 26.3 Å². The van der Waals surface area contributed by atoms with E-state index in [2.05, 4.69) is 4.98 Å². The van der Waals surface area contributed by atoms with Crippen LogP contribution >= 0.6 is 0 Å². The smallest absolute Gasteiger partial charge is 0.245 e. The summed E-state index contributed by atoms with van der Waals surface area (Å²) < 4.78 is 69.9. The quantitative estimate of drug-likeness (QED) is 0.254. The third-order valence-corrected chi connectivity index (χ3v) is 9.55. The highest BCUT2D eigenvalue weighted by atomic mass is 32.3. The lowest BCUT2D eigenvalue weighted by Crippen LogP contribution is -2.35. The second-order valence-electron chi connectivity index (χ2n) is 9.61. The number of benzene rings is 3. The maximum atomic E-state index is 13.1. The van der Waals surface area contributed by atoms with Crippen molar-refractivity contribution in [1.29, 1.82) is 0 Å². The molecule has 0 bridgehead atoms. The van der Waals surface area contributed by atoms with E-state index in [1.165, 1.54) is 24.3 Å². The van der Waals surface area contributed by atoms with Gasteiger partial charge in [0.2, 0.25) is 25.9 Å². The summed E-state index contributed by atoms with van der Waals surface area (Å²) in [6, 6.07) is 20.9. The van der Waals surface area contributed by atoms with Crippen LogP contribution in [-0.4, -0.2) is 44.0 Å². The van der Waals surface area contributed by atoms with Crippen LogP contribution in [0, 0.1) is 12.7 Å². The molecule has 41 heavy (non-hydrogen) atoms. The molecular weight excluding hydrogens is 569 g/mol. The van der Waals surface area contributed by atoms with Crippen LogP contribution < -0.4 is 8.45 Å².